The molecule has 0 amide bonds. The zero-order valence-electron chi connectivity index (χ0n) is 13.2. The van der Waals surface area contributed by atoms with Gasteiger partial charge < -0.3 is 4.57 Å². The third-order valence-electron chi connectivity index (χ3n) is 4.16. The summed E-state index contributed by atoms with van der Waals surface area (Å²) in [5, 5.41) is 11.0. The molecule has 0 aliphatic heterocycles. The monoisotopic (exact) mass is 360 g/mol. The van der Waals surface area contributed by atoms with E-state index in [1.54, 1.807) is 6.33 Å². The van der Waals surface area contributed by atoms with Gasteiger partial charge in [-0.15, -0.1) is 10.2 Å². The van der Waals surface area contributed by atoms with Crippen molar-refractivity contribution in [1.29, 1.82) is 0 Å². The number of nitrogens with zero attached hydrogens (tertiary/aromatic N) is 3. The van der Waals surface area contributed by atoms with Gasteiger partial charge in [-0.2, -0.15) is 0 Å². The van der Waals surface area contributed by atoms with Gasteiger partial charge in [0, 0.05) is 7.05 Å². The van der Waals surface area contributed by atoms with Crippen molar-refractivity contribution in [3.63, 3.8) is 0 Å². The molecule has 0 saturated heterocycles. The molecule has 3 aromatic rings. The van der Waals surface area contributed by atoms with Gasteiger partial charge in [-0.1, -0.05) is 48.2 Å². The van der Waals surface area contributed by atoms with E-state index in [2.05, 4.69) is 33.1 Å². The Hall–Kier alpha value is -1.90. The van der Waals surface area contributed by atoms with E-state index in [9.17, 15) is 8.42 Å². The molecule has 0 radical (unpaired) electrons. The molecule has 0 spiro atoms. The largest absolute Gasteiger partial charge is 0.312 e. The molecular formula is C16H16N4O2S2. The second-order valence-corrected chi connectivity index (χ2v) is 8.81. The first kappa shape index (κ1) is 15.6. The van der Waals surface area contributed by atoms with Gasteiger partial charge in [-0.3, -0.25) is 0 Å². The first-order chi connectivity index (χ1) is 11.4. The fourth-order valence-corrected chi connectivity index (χ4v) is 5.24. The lowest BCUT2D eigenvalue weighted by atomic mass is 10.1. The Morgan fingerprint density at radius 3 is 2.50 bits per heavy atom. The van der Waals surface area contributed by atoms with Crippen LogP contribution in [0.3, 0.4) is 0 Å². The van der Waals surface area contributed by atoms with Gasteiger partial charge in [0.05, 0.1) is 17.5 Å². The van der Waals surface area contributed by atoms with Crippen molar-refractivity contribution in [2.75, 3.05) is 6.26 Å². The molecule has 8 heteroatoms. The summed E-state index contributed by atoms with van der Waals surface area (Å²) in [7, 11) is -1.47. The van der Waals surface area contributed by atoms with Crippen LogP contribution in [-0.2, 0) is 17.1 Å². The van der Waals surface area contributed by atoms with E-state index >= 15 is 0 Å². The Morgan fingerprint density at radius 1 is 1.17 bits per heavy atom. The average Bonchev–Trinajstić information content (AvgIpc) is 3.05. The van der Waals surface area contributed by atoms with Gasteiger partial charge in [0.2, 0.25) is 10.0 Å². The number of thioether (sulfide) groups is 1. The van der Waals surface area contributed by atoms with E-state index in [4.69, 9.17) is 0 Å². The zero-order chi connectivity index (χ0) is 16.9. The van der Waals surface area contributed by atoms with Crippen LogP contribution < -0.4 is 4.72 Å². The number of hydrogen-bond acceptors (Lipinski definition) is 5. The van der Waals surface area contributed by atoms with Crippen LogP contribution in [0.15, 0.2) is 47.9 Å². The van der Waals surface area contributed by atoms with E-state index in [1.165, 1.54) is 18.0 Å². The number of rotatable bonds is 4. The molecule has 1 aliphatic rings. The highest BCUT2D eigenvalue weighted by atomic mass is 32.2. The van der Waals surface area contributed by atoms with Crippen molar-refractivity contribution in [1.82, 2.24) is 19.5 Å². The van der Waals surface area contributed by atoms with Crippen molar-refractivity contribution in [2.24, 2.45) is 7.05 Å². The van der Waals surface area contributed by atoms with Gasteiger partial charge in [0.15, 0.2) is 5.16 Å². The maximum absolute atomic E-state index is 11.9. The molecule has 1 heterocycles. The summed E-state index contributed by atoms with van der Waals surface area (Å²) in [4.78, 5) is 0. The molecule has 6 nitrogen and oxygen atoms in total. The van der Waals surface area contributed by atoms with Crippen molar-refractivity contribution >= 4 is 32.6 Å². The number of aryl methyl sites for hydroxylation is 1. The third-order valence-corrected chi connectivity index (χ3v) is 6.20. The summed E-state index contributed by atoms with van der Waals surface area (Å²) in [6.45, 7) is 0. The molecule has 1 N–H and O–H groups in total. The molecule has 0 bridgehead atoms. The fourth-order valence-electron chi connectivity index (χ4n) is 3.22. The lowest BCUT2D eigenvalue weighted by Crippen LogP contribution is -2.28. The standard InChI is InChI=1S/C16H16N4O2S2/c1-20-9-17-18-16(20)23-15-12-8-4-6-10-5-3-7-11(13(10)12)14(15)19-24(2,21)22/h3-9,14-15,19H,1-2H3/t14-,15+/m1/s1. The lowest BCUT2D eigenvalue weighted by molar-refractivity contribution is 0.563. The van der Waals surface area contributed by atoms with E-state index < -0.39 is 10.0 Å². The molecule has 2 aromatic carbocycles. The second kappa shape index (κ2) is 5.58. The number of hydrogen-bond donors (Lipinski definition) is 1. The third kappa shape index (κ3) is 2.60. The summed E-state index contributed by atoms with van der Waals surface area (Å²) in [6, 6.07) is 11.8. The highest BCUT2D eigenvalue weighted by molar-refractivity contribution is 7.99. The van der Waals surface area contributed by atoms with Crippen molar-refractivity contribution in [3.8, 4) is 0 Å². The minimum Gasteiger partial charge on any atom is -0.312 e. The van der Waals surface area contributed by atoms with Crippen LogP contribution in [0.2, 0.25) is 0 Å². The summed E-state index contributed by atoms with van der Waals surface area (Å²) in [5.74, 6) is 0. The van der Waals surface area contributed by atoms with Crippen molar-refractivity contribution in [3.05, 3.63) is 53.9 Å². The SMILES string of the molecule is Cn1cnnc1S[C@H]1c2cccc3cccc(c23)[C@H]1NS(C)(=O)=O. The quantitative estimate of drug-likeness (QED) is 0.773. The average molecular weight is 360 g/mol. The molecule has 1 aliphatic carbocycles. The van der Waals surface area contributed by atoms with Crippen molar-refractivity contribution < 1.29 is 8.42 Å². The van der Waals surface area contributed by atoms with E-state index in [0.717, 1.165) is 27.1 Å². The molecule has 0 fully saturated rings. The highest BCUT2D eigenvalue weighted by Crippen LogP contribution is 2.52. The summed E-state index contributed by atoms with van der Waals surface area (Å²) in [6.07, 6.45) is 2.84. The Kier molecular flexibility index (Phi) is 3.63. The maximum atomic E-state index is 11.9. The molecule has 2 atom stereocenters. The molecule has 124 valence electrons. The number of benzene rings is 2. The van der Waals surface area contributed by atoms with Crippen LogP contribution in [0.25, 0.3) is 10.8 Å². The van der Waals surface area contributed by atoms with E-state index in [0.29, 0.717) is 0 Å². The highest BCUT2D eigenvalue weighted by Gasteiger charge is 2.37. The van der Waals surface area contributed by atoms with Gasteiger partial charge >= 0.3 is 0 Å². The van der Waals surface area contributed by atoms with Crippen LogP contribution in [0.1, 0.15) is 22.4 Å². The van der Waals surface area contributed by atoms with Gasteiger partial charge in [-0.05, 0) is 21.9 Å². The zero-order valence-corrected chi connectivity index (χ0v) is 14.8. The second-order valence-electron chi connectivity index (χ2n) is 5.92. The summed E-state index contributed by atoms with van der Waals surface area (Å²) >= 11 is 1.53. The molecule has 0 saturated carbocycles. The first-order valence-corrected chi connectivity index (χ1v) is 10.2. The smallest absolute Gasteiger partial charge is 0.209 e. The molecular weight excluding hydrogens is 344 g/mol. The fraction of sp³-hybridized carbons (Fsp3) is 0.250. The molecule has 0 unspecified atom stereocenters. The van der Waals surface area contributed by atoms with Crippen LogP contribution >= 0.6 is 11.8 Å². The van der Waals surface area contributed by atoms with E-state index in [1.807, 2.05) is 29.8 Å². The predicted molar refractivity (Wildman–Crippen MR) is 94.3 cm³/mol. The number of aromatic nitrogens is 3. The van der Waals surface area contributed by atoms with Crippen molar-refractivity contribution in [2.45, 2.75) is 16.4 Å². The Labute approximate surface area is 144 Å². The lowest BCUT2D eigenvalue weighted by Gasteiger charge is -2.21. The minimum atomic E-state index is -3.35. The molecule has 4 rings (SSSR count). The number of sulfonamides is 1. The maximum Gasteiger partial charge on any atom is 0.209 e. The van der Waals surface area contributed by atoms with Gasteiger partial charge in [-0.25, -0.2) is 13.1 Å². The van der Waals surface area contributed by atoms with Crippen LogP contribution in [-0.4, -0.2) is 29.4 Å². The van der Waals surface area contributed by atoms with Crippen LogP contribution in [0.5, 0.6) is 0 Å². The van der Waals surface area contributed by atoms with Crippen LogP contribution in [0.4, 0.5) is 0 Å². The van der Waals surface area contributed by atoms with Gasteiger partial charge in [0.1, 0.15) is 6.33 Å². The molecule has 24 heavy (non-hydrogen) atoms. The van der Waals surface area contributed by atoms with E-state index in [-0.39, 0.29) is 11.3 Å². The Morgan fingerprint density at radius 2 is 1.88 bits per heavy atom. The molecule has 1 aromatic heterocycles. The Balaban J connectivity index is 1.87. The topological polar surface area (TPSA) is 76.9 Å². The summed E-state index contributed by atoms with van der Waals surface area (Å²) in [5.41, 5.74) is 2.13. The Bertz CT molecular complexity index is 1020. The predicted octanol–water partition coefficient (Wildman–Crippen LogP) is 2.41. The minimum absolute atomic E-state index is 0.0938. The number of nitrogens with one attached hydrogen (secondary N) is 1. The van der Waals surface area contributed by atoms with Crippen LogP contribution in [0, 0.1) is 0 Å². The van der Waals surface area contributed by atoms with Gasteiger partial charge in [0.25, 0.3) is 0 Å². The normalized spacial score (nSPS) is 19.9. The first-order valence-electron chi connectivity index (χ1n) is 7.43. The summed E-state index contributed by atoms with van der Waals surface area (Å²) < 4.78 is 28.5.